The molecule has 3 N–H and O–H groups in total. The van der Waals surface area contributed by atoms with Crippen molar-refractivity contribution < 1.29 is 27.8 Å². The van der Waals surface area contributed by atoms with Crippen LogP contribution in [-0.2, 0) is 6.18 Å². The average molecular weight is 534 g/mol. The molecule has 1 heterocycles. The number of phenols is 1. The fourth-order valence-corrected chi connectivity index (χ4v) is 3.79. The van der Waals surface area contributed by atoms with Crippen LogP contribution in [-0.4, -0.2) is 28.1 Å². The van der Waals surface area contributed by atoms with E-state index in [-0.39, 0.29) is 28.9 Å². The van der Waals surface area contributed by atoms with Crippen molar-refractivity contribution in [3.8, 4) is 28.8 Å². The first-order valence-corrected chi connectivity index (χ1v) is 11.6. The highest BCUT2D eigenvalue weighted by molar-refractivity contribution is 6.04. The molecule has 0 aliphatic heterocycles. The molecule has 0 saturated carbocycles. The summed E-state index contributed by atoms with van der Waals surface area (Å²) in [6.45, 7) is 1.84. The van der Waals surface area contributed by atoms with Gasteiger partial charge in [0.25, 0.3) is 5.91 Å². The highest BCUT2D eigenvalue weighted by Crippen LogP contribution is 2.32. The zero-order chi connectivity index (χ0) is 28.2. The third-order valence-corrected chi connectivity index (χ3v) is 5.76. The van der Waals surface area contributed by atoms with E-state index < -0.39 is 17.6 Å². The second kappa shape index (κ2) is 11.1. The van der Waals surface area contributed by atoms with Crippen LogP contribution in [0.15, 0.2) is 72.8 Å². The molecule has 39 heavy (non-hydrogen) atoms. The monoisotopic (exact) mass is 533 g/mol. The summed E-state index contributed by atoms with van der Waals surface area (Å²) in [6, 6.07) is 18.9. The van der Waals surface area contributed by atoms with E-state index in [0.717, 1.165) is 17.7 Å². The molecule has 1 atom stereocenters. The van der Waals surface area contributed by atoms with Gasteiger partial charge in [-0.15, -0.1) is 0 Å². The molecule has 1 aromatic heterocycles. The van der Waals surface area contributed by atoms with Crippen LogP contribution >= 0.6 is 0 Å². The van der Waals surface area contributed by atoms with Crippen LogP contribution in [0.25, 0.3) is 11.3 Å². The number of hydrogen-bond donors (Lipinski definition) is 3. The maximum absolute atomic E-state index is 13.0. The Morgan fingerprint density at radius 3 is 2.54 bits per heavy atom. The standard InChI is InChI=1S/C28H22F3N5O3/c1-16(33-25-14-22(35-26(15-32)36-25)18-9-10-23(37)24(13-18)39-2)17-5-4-8-21(12-17)34-27(38)19-6-3-7-20(11-19)28(29,30)31/h3-14,16,37H,1-2H3,(H,34,38)(H,33,35,36)/t16-/m0/s1. The van der Waals surface area contributed by atoms with Crippen molar-refractivity contribution in [2.24, 2.45) is 0 Å². The number of amides is 1. The van der Waals surface area contributed by atoms with Gasteiger partial charge in [-0.05, 0) is 61.0 Å². The third-order valence-electron chi connectivity index (χ3n) is 5.76. The van der Waals surface area contributed by atoms with E-state index >= 15 is 0 Å². The zero-order valence-corrected chi connectivity index (χ0v) is 20.7. The number of halogens is 3. The Morgan fingerprint density at radius 2 is 1.82 bits per heavy atom. The van der Waals surface area contributed by atoms with E-state index in [2.05, 4.69) is 20.6 Å². The number of benzene rings is 3. The van der Waals surface area contributed by atoms with Gasteiger partial charge in [0.2, 0.25) is 5.82 Å². The van der Waals surface area contributed by atoms with Gasteiger partial charge in [-0.25, -0.2) is 9.97 Å². The van der Waals surface area contributed by atoms with Crippen molar-refractivity contribution in [3.05, 3.63) is 95.3 Å². The van der Waals surface area contributed by atoms with E-state index in [1.165, 1.54) is 25.3 Å². The molecule has 1 amide bonds. The molecule has 0 saturated heterocycles. The van der Waals surface area contributed by atoms with Crippen LogP contribution in [0.1, 0.15) is 40.3 Å². The maximum atomic E-state index is 13.0. The fraction of sp³-hybridized carbons (Fsp3) is 0.143. The minimum Gasteiger partial charge on any atom is -0.504 e. The number of aromatic hydroxyl groups is 1. The quantitative estimate of drug-likeness (QED) is 0.260. The lowest BCUT2D eigenvalue weighted by molar-refractivity contribution is -0.137. The summed E-state index contributed by atoms with van der Waals surface area (Å²) in [4.78, 5) is 21.1. The molecular formula is C28H22F3N5O3. The summed E-state index contributed by atoms with van der Waals surface area (Å²) in [5.41, 5.74) is 1.12. The van der Waals surface area contributed by atoms with Gasteiger partial charge >= 0.3 is 6.18 Å². The average Bonchev–Trinajstić information content (AvgIpc) is 2.92. The SMILES string of the molecule is COc1cc(-c2cc(N[C@@H](C)c3cccc(NC(=O)c4cccc(C(F)(F)F)c4)c3)nc(C#N)n2)ccc1O. The number of hydrogen-bond acceptors (Lipinski definition) is 7. The Hall–Kier alpha value is -5.11. The number of aromatic nitrogens is 2. The lowest BCUT2D eigenvalue weighted by atomic mass is 10.1. The van der Waals surface area contributed by atoms with Gasteiger partial charge in [-0.1, -0.05) is 18.2 Å². The molecule has 0 fully saturated rings. The van der Waals surface area contributed by atoms with Crippen molar-refractivity contribution >= 4 is 17.4 Å². The lowest BCUT2D eigenvalue weighted by Gasteiger charge is -2.17. The number of nitriles is 1. The molecule has 8 nitrogen and oxygen atoms in total. The first kappa shape index (κ1) is 26.9. The largest absolute Gasteiger partial charge is 0.504 e. The van der Waals surface area contributed by atoms with Crippen molar-refractivity contribution in [1.29, 1.82) is 5.26 Å². The summed E-state index contributed by atoms with van der Waals surface area (Å²) >= 11 is 0. The topological polar surface area (TPSA) is 120 Å². The summed E-state index contributed by atoms with van der Waals surface area (Å²) in [5, 5.41) is 25.1. The van der Waals surface area contributed by atoms with Gasteiger partial charge in [-0.3, -0.25) is 4.79 Å². The molecule has 3 aromatic carbocycles. The second-order valence-electron chi connectivity index (χ2n) is 8.48. The normalized spacial score (nSPS) is 11.8. The highest BCUT2D eigenvalue weighted by Gasteiger charge is 2.30. The van der Waals surface area contributed by atoms with E-state index in [1.807, 2.05) is 13.0 Å². The number of nitrogens with one attached hydrogen (secondary N) is 2. The Bertz CT molecular complexity index is 1570. The molecule has 0 bridgehead atoms. The van der Waals surface area contributed by atoms with Crippen molar-refractivity contribution in [2.75, 3.05) is 17.7 Å². The van der Waals surface area contributed by atoms with Gasteiger partial charge in [0.1, 0.15) is 11.9 Å². The van der Waals surface area contributed by atoms with Gasteiger partial charge < -0.3 is 20.5 Å². The third kappa shape index (κ3) is 6.42. The maximum Gasteiger partial charge on any atom is 0.416 e. The van der Waals surface area contributed by atoms with Crippen molar-refractivity contribution in [2.45, 2.75) is 19.1 Å². The predicted molar refractivity (Wildman–Crippen MR) is 138 cm³/mol. The number of anilines is 2. The number of rotatable bonds is 7. The molecule has 0 radical (unpaired) electrons. The molecule has 4 aromatic rings. The smallest absolute Gasteiger partial charge is 0.416 e. The number of methoxy groups -OCH3 is 1. The van der Waals surface area contributed by atoms with Crippen LogP contribution in [0.2, 0.25) is 0 Å². The van der Waals surface area contributed by atoms with Crippen molar-refractivity contribution in [1.82, 2.24) is 9.97 Å². The van der Waals surface area contributed by atoms with Gasteiger partial charge in [-0.2, -0.15) is 18.4 Å². The van der Waals surface area contributed by atoms with Gasteiger partial charge in [0.05, 0.1) is 24.4 Å². The highest BCUT2D eigenvalue weighted by atomic mass is 19.4. The van der Waals surface area contributed by atoms with Crippen LogP contribution in [0, 0.1) is 11.3 Å². The first-order valence-electron chi connectivity index (χ1n) is 11.6. The van der Waals surface area contributed by atoms with Crippen LogP contribution in [0.5, 0.6) is 11.5 Å². The van der Waals surface area contributed by atoms with E-state index in [0.29, 0.717) is 22.8 Å². The number of alkyl halides is 3. The van der Waals surface area contributed by atoms with Gasteiger partial charge in [0.15, 0.2) is 11.5 Å². The summed E-state index contributed by atoms with van der Waals surface area (Å²) < 4.78 is 44.2. The Morgan fingerprint density at radius 1 is 1.05 bits per heavy atom. The number of carbonyl (C=O) groups excluding carboxylic acids is 1. The molecule has 198 valence electrons. The molecule has 0 aliphatic rings. The number of phenolic OH excluding ortho intramolecular Hbond substituents is 1. The predicted octanol–water partition coefficient (Wildman–Crippen LogP) is 6.17. The second-order valence-corrected chi connectivity index (χ2v) is 8.48. The molecule has 0 aliphatic carbocycles. The minimum absolute atomic E-state index is 0.0391. The molecule has 0 spiro atoms. The minimum atomic E-state index is -4.56. The lowest BCUT2D eigenvalue weighted by Crippen LogP contribution is -2.14. The summed E-state index contributed by atoms with van der Waals surface area (Å²) in [5.74, 6) is -0.188. The van der Waals surface area contributed by atoms with E-state index in [1.54, 1.807) is 42.5 Å². The summed E-state index contributed by atoms with van der Waals surface area (Å²) in [7, 11) is 1.42. The molecular weight excluding hydrogens is 511 g/mol. The fourth-order valence-electron chi connectivity index (χ4n) is 3.79. The number of nitrogens with zero attached hydrogens (tertiary/aromatic N) is 3. The van der Waals surface area contributed by atoms with Gasteiger partial charge in [0, 0.05) is 22.9 Å². The van der Waals surface area contributed by atoms with E-state index in [4.69, 9.17) is 4.74 Å². The van der Waals surface area contributed by atoms with E-state index in [9.17, 15) is 28.3 Å². The van der Waals surface area contributed by atoms with Crippen molar-refractivity contribution in [3.63, 3.8) is 0 Å². The molecule has 4 rings (SSSR count). The molecule has 0 unspecified atom stereocenters. The molecule has 11 heteroatoms. The number of carbonyl (C=O) groups is 1. The first-order chi connectivity index (χ1) is 18.6. The Labute approximate surface area is 221 Å². The Balaban J connectivity index is 1.54. The van der Waals surface area contributed by atoms with Crippen LogP contribution < -0.4 is 15.4 Å². The zero-order valence-electron chi connectivity index (χ0n) is 20.7. The van der Waals surface area contributed by atoms with Crippen LogP contribution in [0.3, 0.4) is 0 Å². The Kier molecular flexibility index (Phi) is 7.67. The van der Waals surface area contributed by atoms with Crippen LogP contribution in [0.4, 0.5) is 24.7 Å². The summed E-state index contributed by atoms with van der Waals surface area (Å²) in [6.07, 6.45) is -4.56. The number of ether oxygens (including phenoxy) is 1.